The van der Waals surface area contributed by atoms with E-state index in [9.17, 15) is 4.79 Å². The molecule has 0 N–H and O–H groups in total. The molecule has 0 amide bonds. The van der Waals surface area contributed by atoms with Crippen molar-refractivity contribution >= 4 is 28.8 Å². The Morgan fingerprint density at radius 1 is 1.05 bits per heavy atom. The maximum Gasteiger partial charge on any atom is 0.150 e. The van der Waals surface area contributed by atoms with Crippen LogP contribution in [-0.4, -0.2) is 11.3 Å². The predicted molar refractivity (Wildman–Crippen MR) is 81.4 cm³/mol. The van der Waals surface area contributed by atoms with E-state index >= 15 is 0 Å². The van der Waals surface area contributed by atoms with Crippen LogP contribution in [0.2, 0.25) is 5.02 Å². The van der Waals surface area contributed by atoms with Gasteiger partial charge in [-0.25, -0.2) is 0 Å². The van der Waals surface area contributed by atoms with Crippen molar-refractivity contribution in [2.24, 2.45) is 0 Å². The number of para-hydroxylation sites is 1. The summed E-state index contributed by atoms with van der Waals surface area (Å²) in [5, 5.41) is 1.75. The molecule has 2 aromatic carbocycles. The van der Waals surface area contributed by atoms with Gasteiger partial charge in [0.05, 0.1) is 5.52 Å². The molecule has 1 aromatic heterocycles. The highest BCUT2D eigenvalue weighted by molar-refractivity contribution is 6.31. The van der Waals surface area contributed by atoms with Crippen molar-refractivity contribution in [2.45, 2.75) is 6.42 Å². The fraction of sp³-hybridized carbons (Fsp3) is 0.0588. The number of carbonyl (C=O) groups excluding carboxylic acids is 1. The van der Waals surface area contributed by atoms with Gasteiger partial charge in [-0.15, -0.1) is 0 Å². The Hall–Kier alpha value is -2.19. The third-order valence-electron chi connectivity index (χ3n) is 3.33. The molecule has 0 aliphatic carbocycles. The number of aromatic nitrogens is 1. The summed E-state index contributed by atoms with van der Waals surface area (Å²) in [5.41, 5.74) is 3.76. The van der Waals surface area contributed by atoms with Gasteiger partial charge in [0.1, 0.15) is 6.29 Å². The monoisotopic (exact) mass is 281 g/mol. The van der Waals surface area contributed by atoms with Crippen LogP contribution in [0.25, 0.3) is 10.9 Å². The molecule has 0 atom stereocenters. The van der Waals surface area contributed by atoms with Gasteiger partial charge in [0, 0.05) is 22.2 Å². The molecule has 0 fully saturated rings. The number of hydrogen-bond acceptors (Lipinski definition) is 2. The van der Waals surface area contributed by atoms with Crippen molar-refractivity contribution in [2.75, 3.05) is 0 Å². The van der Waals surface area contributed by atoms with Gasteiger partial charge in [0.15, 0.2) is 0 Å². The van der Waals surface area contributed by atoms with Gasteiger partial charge in [0.2, 0.25) is 0 Å². The number of fused-ring (bicyclic) bond motifs is 1. The lowest BCUT2D eigenvalue weighted by atomic mass is 10.0. The van der Waals surface area contributed by atoms with E-state index in [1.54, 1.807) is 12.1 Å². The van der Waals surface area contributed by atoms with Crippen LogP contribution in [0.3, 0.4) is 0 Å². The molecule has 0 spiro atoms. The zero-order valence-electron chi connectivity index (χ0n) is 10.7. The number of nitrogens with zero attached hydrogens (tertiary/aromatic N) is 1. The Bertz CT molecular complexity index is 778. The van der Waals surface area contributed by atoms with Crippen molar-refractivity contribution in [3.63, 3.8) is 0 Å². The van der Waals surface area contributed by atoms with E-state index < -0.39 is 0 Å². The van der Waals surface area contributed by atoms with Gasteiger partial charge < -0.3 is 0 Å². The lowest BCUT2D eigenvalue weighted by Crippen LogP contribution is -1.93. The van der Waals surface area contributed by atoms with E-state index in [0.717, 1.165) is 29.2 Å². The summed E-state index contributed by atoms with van der Waals surface area (Å²) in [6.45, 7) is 0. The molecular formula is C17H12ClNO. The molecule has 0 unspecified atom stereocenters. The topological polar surface area (TPSA) is 30.0 Å². The largest absolute Gasteiger partial charge is 0.298 e. The van der Waals surface area contributed by atoms with Crippen LogP contribution in [-0.2, 0) is 6.42 Å². The summed E-state index contributed by atoms with van der Waals surface area (Å²) >= 11 is 6.23. The van der Waals surface area contributed by atoms with Crippen molar-refractivity contribution < 1.29 is 4.79 Å². The fourth-order valence-electron chi connectivity index (χ4n) is 2.29. The lowest BCUT2D eigenvalue weighted by molar-refractivity contribution is 0.112. The summed E-state index contributed by atoms with van der Waals surface area (Å²) in [5.74, 6) is 0. The second kappa shape index (κ2) is 5.43. The Morgan fingerprint density at radius 3 is 2.70 bits per heavy atom. The zero-order chi connectivity index (χ0) is 13.9. The zero-order valence-corrected chi connectivity index (χ0v) is 11.5. The van der Waals surface area contributed by atoms with Gasteiger partial charge in [-0.2, -0.15) is 0 Å². The molecule has 0 aliphatic heterocycles. The van der Waals surface area contributed by atoms with Crippen molar-refractivity contribution in [3.05, 3.63) is 76.4 Å². The molecule has 3 aromatic rings. The van der Waals surface area contributed by atoms with Gasteiger partial charge in [-0.3, -0.25) is 9.78 Å². The minimum Gasteiger partial charge on any atom is -0.298 e. The smallest absolute Gasteiger partial charge is 0.150 e. The highest BCUT2D eigenvalue weighted by Gasteiger charge is 2.06. The van der Waals surface area contributed by atoms with Gasteiger partial charge >= 0.3 is 0 Å². The van der Waals surface area contributed by atoms with E-state index in [4.69, 9.17) is 11.6 Å². The van der Waals surface area contributed by atoms with E-state index in [0.29, 0.717) is 10.6 Å². The van der Waals surface area contributed by atoms with Crippen LogP contribution < -0.4 is 0 Å². The molecule has 0 bridgehead atoms. The molecule has 98 valence electrons. The van der Waals surface area contributed by atoms with Crippen LogP contribution in [0, 0.1) is 0 Å². The Balaban J connectivity index is 2.03. The highest BCUT2D eigenvalue weighted by atomic mass is 35.5. The average Bonchev–Trinajstić information content (AvgIpc) is 2.49. The van der Waals surface area contributed by atoms with E-state index in [1.807, 2.05) is 36.5 Å². The minimum atomic E-state index is 0.596. The molecule has 3 heteroatoms. The molecule has 2 nitrogen and oxygen atoms in total. The first kappa shape index (κ1) is 12.8. The Labute approximate surface area is 122 Å². The number of halogens is 1. The molecule has 0 saturated carbocycles. The van der Waals surface area contributed by atoms with Crippen LogP contribution in [0.4, 0.5) is 0 Å². The normalized spacial score (nSPS) is 10.7. The average molecular weight is 282 g/mol. The number of pyridine rings is 1. The molecule has 0 radical (unpaired) electrons. The second-order valence-corrected chi connectivity index (χ2v) is 5.04. The molecule has 1 heterocycles. The van der Waals surface area contributed by atoms with Crippen LogP contribution in [0.15, 0.2) is 54.7 Å². The molecule has 0 saturated heterocycles. The van der Waals surface area contributed by atoms with Gasteiger partial charge in [0.25, 0.3) is 0 Å². The first-order chi connectivity index (χ1) is 9.78. The number of hydrogen-bond donors (Lipinski definition) is 0. The standard InChI is InChI=1S/C17H12ClNO/c18-16-9-12(11-20)5-6-14(16)10-13-7-8-19-17-4-2-1-3-15(13)17/h1-9,11H,10H2. The predicted octanol–water partition coefficient (Wildman–Crippen LogP) is 4.29. The fourth-order valence-corrected chi connectivity index (χ4v) is 2.55. The van der Waals surface area contributed by atoms with E-state index in [2.05, 4.69) is 11.1 Å². The third kappa shape index (κ3) is 2.43. The Kier molecular flexibility index (Phi) is 3.48. The summed E-state index contributed by atoms with van der Waals surface area (Å²) in [7, 11) is 0. The van der Waals surface area contributed by atoms with Crippen LogP contribution in [0.5, 0.6) is 0 Å². The number of carbonyl (C=O) groups is 1. The molecule has 20 heavy (non-hydrogen) atoms. The number of aldehydes is 1. The molecular weight excluding hydrogens is 270 g/mol. The maximum absolute atomic E-state index is 10.7. The molecule has 3 rings (SSSR count). The van der Waals surface area contributed by atoms with E-state index in [-0.39, 0.29) is 0 Å². The first-order valence-corrected chi connectivity index (χ1v) is 6.72. The quantitative estimate of drug-likeness (QED) is 0.670. The van der Waals surface area contributed by atoms with Crippen LogP contribution >= 0.6 is 11.6 Å². The first-order valence-electron chi connectivity index (χ1n) is 6.34. The minimum absolute atomic E-state index is 0.596. The molecule has 0 aliphatic rings. The lowest BCUT2D eigenvalue weighted by Gasteiger charge is -2.08. The van der Waals surface area contributed by atoms with Crippen molar-refractivity contribution in [1.82, 2.24) is 4.98 Å². The third-order valence-corrected chi connectivity index (χ3v) is 3.69. The maximum atomic E-state index is 10.7. The summed E-state index contributed by atoms with van der Waals surface area (Å²) in [6.07, 6.45) is 3.34. The Morgan fingerprint density at radius 2 is 1.90 bits per heavy atom. The van der Waals surface area contributed by atoms with Crippen molar-refractivity contribution in [3.8, 4) is 0 Å². The van der Waals surface area contributed by atoms with Crippen LogP contribution in [0.1, 0.15) is 21.5 Å². The summed E-state index contributed by atoms with van der Waals surface area (Å²) in [6, 6.07) is 15.4. The summed E-state index contributed by atoms with van der Waals surface area (Å²) in [4.78, 5) is 15.1. The number of rotatable bonds is 3. The second-order valence-electron chi connectivity index (χ2n) is 4.63. The number of benzene rings is 2. The SMILES string of the molecule is O=Cc1ccc(Cc2ccnc3ccccc23)c(Cl)c1. The highest BCUT2D eigenvalue weighted by Crippen LogP contribution is 2.24. The van der Waals surface area contributed by atoms with Gasteiger partial charge in [-0.05, 0) is 35.7 Å². The van der Waals surface area contributed by atoms with Gasteiger partial charge in [-0.1, -0.05) is 41.9 Å². The van der Waals surface area contributed by atoms with E-state index in [1.165, 1.54) is 5.56 Å². The van der Waals surface area contributed by atoms with Crippen molar-refractivity contribution in [1.29, 1.82) is 0 Å². The summed E-state index contributed by atoms with van der Waals surface area (Å²) < 4.78 is 0.